The molecule has 1 saturated carbocycles. The maximum absolute atomic E-state index is 5.25. The van der Waals surface area contributed by atoms with Crippen molar-refractivity contribution in [3.05, 3.63) is 65.2 Å². The first-order valence-electron chi connectivity index (χ1n) is 7.65. The Kier molecular flexibility index (Phi) is 3.30. The summed E-state index contributed by atoms with van der Waals surface area (Å²) in [5.41, 5.74) is 4.53. The molecule has 108 valence electrons. The Balaban J connectivity index is 1.58. The molecule has 0 heterocycles. The van der Waals surface area contributed by atoms with Crippen LogP contribution in [-0.4, -0.2) is 7.11 Å². The molecule has 0 bridgehead atoms. The third kappa shape index (κ3) is 2.20. The number of ether oxygens (including phenoxy) is 1. The monoisotopic (exact) mass is 342 g/mol. The van der Waals surface area contributed by atoms with Crippen molar-refractivity contribution in [1.82, 2.24) is 0 Å². The summed E-state index contributed by atoms with van der Waals surface area (Å²) in [6.45, 7) is 0. The van der Waals surface area contributed by atoms with Crippen LogP contribution in [0.15, 0.2) is 48.5 Å². The summed E-state index contributed by atoms with van der Waals surface area (Å²) in [6.07, 6.45) is 2.58. The van der Waals surface area contributed by atoms with Gasteiger partial charge in [-0.05, 0) is 59.4 Å². The van der Waals surface area contributed by atoms with E-state index in [-0.39, 0.29) is 0 Å². The Hall–Kier alpha value is -1.28. The molecule has 0 saturated heterocycles. The van der Waals surface area contributed by atoms with Crippen LogP contribution in [0.3, 0.4) is 0 Å². The highest BCUT2D eigenvalue weighted by Crippen LogP contribution is 2.66. The molecular weight excluding hydrogens is 324 g/mol. The highest BCUT2D eigenvalue weighted by molar-refractivity contribution is 9.09. The Morgan fingerprint density at radius 3 is 2.62 bits per heavy atom. The topological polar surface area (TPSA) is 9.23 Å². The van der Waals surface area contributed by atoms with E-state index in [0.717, 1.165) is 23.5 Å². The summed E-state index contributed by atoms with van der Waals surface area (Å²) in [7, 11) is 1.72. The number of halogens is 1. The van der Waals surface area contributed by atoms with Crippen LogP contribution in [-0.2, 0) is 6.42 Å². The van der Waals surface area contributed by atoms with Gasteiger partial charge in [0.1, 0.15) is 5.75 Å². The zero-order valence-corrected chi connectivity index (χ0v) is 13.7. The van der Waals surface area contributed by atoms with Gasteiger partial charge in [0, 0.05) is 4.83 Å². The van der Waals surface area contributed by atoms with Gasteiger partial charge in [0.25, 0.3) is 0 Å². The summed E-state index contributed by atoms with van der Waals surface area (Å²) in [6, 6.07) is 17.5. The highest BCUT2D eigenvalue weighted by atomic mass is 79.9. The lowest BCUT2D eigenvalue weighted by molar-refractivity contribution is 0.414. The molecule has 2 aliphatic carbocycles. The van der Waals surface area contributed by atoms with E-state index in [1.807, 2.05) is 0 Å². The number of alkyl halides is 1. The molecule has 2 heteroatoms. The molecule has 0 radical (unpaired) electrons. The van der Waals surface area contributed by atoms with Gasteiger partial charge in [0.2, 0.25) is 0 Å². The second-order valence-electron chi connectivity index (χ2n) is 6.18. The van der Waals surface area contributed by atoms with Crippen molar-refractivity contribution in [3.8, 4) is 5.75 Å². The summed E-state index contributed by atoms with van der Waals surface area (Å²) in [5, 5.41) is 0. The fraction of sp³-hybridized carbons (Fsp3) is 0.368. The van der Waals surface area contributed by atoms with Gasteiger partial charge in [-0.3, -0.25) is 0 Å². The largest absolute Gasteiger partial charge is 0.497 e. The number of methoxy groups -OCH3 is 1. The van der Waals surface area contributed by atoms with Crippen LogP contribution in [0.1, 0.15) is 33.9 Å². The zero-order chi connectivity index (χ0) is 14.4. The molecule has 0 N–H and O–H groups in total. The second-order valence-corrected chi connectivity index (χ2v) is 7.17. The van der Waals surface area contributed by atoms with Gasteiger partial charge in [0.05, 0.1) is 7.11 Å². The van der Waals surface area contributed by atoms with E-state index in [4.69, 9.17) is 4.74 Å². The molecule has 21 heavy (non-hydrogen) atoms. The number of aryl methyl sites for hydroxylation is 1. The van der Waals surface area contributed by atoms with Gasteiger partial charge in [-0.2, -0.15) is 0 Å². The molecule has 4 rings (SSSR count). The average molecular weight is 343 g/mol. The Morgan fingerprint density at radius 1 is 1.10 bits per heavy atom. The quantitative estimate of drug-likeness (QED) is 0.704. The molecule has 1 fully saturated rings. The SMILES string of the molecule is COc1ccc(C(Br)C2C3CCc4ccccc4C32)cc1. The fourth-order valence-electron chi connectivity index (χ4n) is 4.03. The van der Waals surface area contributed by atoms with Gasteiger partial charge >= 0.3 is 0 Å². The minimum atomic E-state index is 0.449. The van der Waals surface area contributed by atoms with Gasteiger partial charge in [0.15, 0.2) is 0 Å². The Bertz CT molecular complexity index is 649. The lowest BCUT2D eigenvalue weighted by atomic mass is 9.92. The van der Waals surface area contributed by atoms with E-state index >= 15 is 0 Å². The molecular formula is C19H19BrO. The number of fused-ring (bicyclic) bond motifs is 3. The van der Waals surface area contributed by atoms with Crippen LogP contribution < -0.4 is 4.74 Å². The van der Waals surface area contributed by atoms with Gasteiger partial charge in [-0.1, -0.05) is 52.3 Å². The minimum absolute atomic E-state index is 0.449. The molecule has 1 nitrogen and oxygen atoms in total. The molecule has 0 amide bonds. The maximum atomic E-state index is 5.25. The van der Waals surface area contributed by atoms with Crippen molar-refractivity contribution in [2.75, 3.05) is 7.11 Å². The van der Waals surface area contributed by atoms with Crippen LogP contribution >= 0.6 is 15.9 Å². The number of hydrogen-bond donors (Lipinski definition) is 0. The lowest BCUT2D eigenvalue weighted by Crippen LogP contribution is -2.00. The van der Waals surface area contributed by atoms with Gasteiger partial charge in [-0.15, -0.1) is 0 Å². The first-order valence-corrected chi connectivity index (χ1v) is 8.57. The van der Waals surface area contributed by atoms with E-state index in [9.17, 15) is 0 Å². The van der Waals surface area contributed by atoms with Crippen LogP contribution in [0, 0.1) is 11.8 Å². The smallest absolute Gasteiger partial charge is 0.118 e. The van der Waals surface area contributed by atoms with E-state index < -0.39 is 0 Å². The number of hydrogen-bond acceptors (Lipinski definition) is 1. The van der Waals surface area contributed by atoms with Crippen molar-refractivity contribution >= 4 is 15.9 Å². The predicted octanol–water partition coefficient (Wildman–Crippen LogP) is 5.11. The van der Waals surface area contributed by atoms with Gasteiger partial charge < -0.3 is 4.74 Å². The Morgan fingerprint density at radius 2 is 1.86 bits per heavy atom. The first kappa shape index (κ1) is 13.4. The Labute approximate surface area is 134 Å². The number of benzene rings is 2. The summed E-state index contributed by atoms with van der Waals surface area (Å²) in [5.74, 6) is 3.27. The molecule has 0 spiro atoms. The fourth-order valence-corrected chi connectivity index (χ4v) is 5.05. The van der Waals surface area contributed by atoms with Crippen LogP contribution in [0.5, 0.6) is 5.75 Å². The van der Waals surface area contributed by atoms with Crippen molar-refractivity contribution in [2.24, 2.45) is 11.8 Å². The van der Waals surface area contributed by atoms with Crippen molar-refractivity contribution in [3.63, 3.8) is 0 Å². The third-order valence-electron chi connectivity index (χ3n) is 5.16. The first-order chi connectivity index (χ1) is 10.3. The molecule has 0 aliphatic heterocycles. The molecule has 4 atom stereocenters. The van der Waals surface area contributed by atoms with E-state index in [1.54, 1.807) is 18.2 Å². The summed E-state index contributed by atoms with van der Waals surface area (Å²) in [4.78, 5) is 0.449. The predicted molar refractivity (Wildman–Crippen MR) is 89.1 cm³/mol. The van der Waals surface area contributed by atoms with Crippen LogP contribution in [0.25, 0.3) is 0 Å². The summed E-state index contributed by atoms with van der Waals surface area (Å²) < 4.78 is 5.25. The van der Waals surface area contributed by atoms with E-state index in [0.29, 0.717) is 4.83 Å². The number of rotatable bonds is 3. The van der Waals surface area contributed by atoms with Crippen LogP contribution in [0.2, 0.25) is 0 Å². The lowest BCUT2D eigenvalue weighted by Gasteiger charge is -2.13. The molecule has 4 unspecified atom stereocenters. The van der Waals surface area contributed by atoms with Crippen molar-refractivity contribution in [2.45, 2.75) is 23.6 Å². The van der Waals surface area contributed by atoms with E-state index in [1.165, 1.54) is 18.4 Å². The van der Waals surface area contributed by atoms with Crippen molar-refractivity contribution in [1.29, 1.82) is 0 Å². The summed E-state index contributed by atoms with van der Waals surface area (Å²) >= 11 is 3.96. The third-order valence-corrected chi connectivity index (χ3v) is 6.30. The molecule has 2 aliphatic rings. The molecule has 2 aromatic rings. The molecule has 0 aromatic heterocycles. The van der Waals surface area contributed by atoms with Crippen LogP contribution in [0.4, 0.5) is 0 Å². The van der Waals surface area contributed by atoms with Crippen molar-refractivity contribution < 1.29 is 4.74 Å². The maximum Gasteiger partial charge on any atom is 0.118 e. The minimum Gasteiger partial charge on any atom is -0.497 e. The van der Waals surface area contributed by atoms with E-state index in [2.05, 4.69) is 64.5 Å². The van der Waals surface area contributed by atoms with Gasteiger partial charge in [-0.25, -0.2) is 0 Å². The molecule has 2 aromatic carbocycles. The average Bonchev–Trinajstić information content (AvgIpc) is 3.29. The highest BCUT2D eigenvalue weighted by Gasteiger charge is 2.55. The normalized spacial score (nSPS) is 27.4. The second kappa shape index (κ2) is 5.17. The zero-order valence-electron chi connectivity index (χ0n) is 12.1. The standard InChI is InChI=1S/C19H19BrO/c1-21-14-9-6-13(7-10-14)19(20)18-16-11-8-12-4-2-3-5-15(12)17(16)18/h2-7,9-10,16-19H,8,11H2,1H3.